The van der Waals surface area contributed by atoms with Crippen LogP contribution in [0, 0.1) is 0 Å². The van der Waals surface area contributed by atoms with E-state index in [1.54, 1.807) is 25.1 Å². The molecule has 0 fully saturated rings. The molecular weight excluding hydrogens is 210 g/mol. The lowest BCUT2D eigenvalue weighted by Crippen LogP contribution is -2.38. The van der Waals surface area contributed by atoms with Crippen molar-refractivity contribution in [1.29, 1.82) is 0 Å². The fraction of sp³-hybridized carbons (Fsp3) is 0.364. The molecule has 0 bridgehead atoms. The second kappa shape index (κ2) is 5.97. The van der Waals surface area contributed by atoms with Crippen molar-refractivity contribution in [2.45, 2.75) is 13.0 Å². The van der Waals surface area contributed by atoms with Gasteiger partial charge in [-0.05, 0) is 19.1 Å². The van der Waals surface area contributed by atoms with E-state index in [1.165, 1.54) is 6.07 Å². The second-order valence-corrected chi connectivity index (χ2v) is 3.41. The summed E-state index contributed by atoms with van der Waals surface area (Å²) in [6.45, 7) is 1.36. The summed E-state index contributed by atoms with van der Waals surface area (Å²) in [7, 11) is 0. The number of aromatic hydroxyl groups is 1. The van der Waals surface area contributed by atoms with E-state index in [0.717, 1.165) is 0 Å². The highest BCUT2D eigenvalue weighted by Crippen LogP contribution is 2.23. The first-order chi connectivity index (χ1) is 7.63. The van der Waals surface area contributed by atoms with E-state index in [2.05, 4.69) is 5.32 Å². The van der Waals surface area contributed by atoms with Crippen LogP contribution in [0.25, 0.3) is 0 Å². The third-order valence-corrected chi connectivity index (χ3v) is 1.91. The Labute approximate surface area is 93.7 Å². The Bertz CT molecular complexity index is 354. The monoisotopic (exact) mass is 225 g/mol. The molecule has 0 heterocycles. The number of hydrogen-bond acceptors (Lipinski definition) is 4. The lowest BCUT2D eigenvalue weighted by atomic mass is 10.3. The van der Waals surface area contributed by atoms with Gasteiger partial charge in [0.2, 0.25) is 0 Å². The summed E-state index contributed by atoms with van der Waals surface area (Å²) >= 11 is 0. The fourth-order valence-electron chi connectivity index (χ4n) is 1.08. The zero-order valence-electron chi connectivity index (χ0n) is 9.01. The lowest BCUT2D eigenvalue weighted by molar-refractivity contribution is -0.124. The van der Waals surface area contributed by atoms with Crippen LogP contribution in [0.15, 0.2) is 24.3 Å². The minimum absolute atomic E-state index is 0.00879. The number of carbonyl (C=O) groups excluding carboxylic acids is 1. The van der Waals surface area contributed by atoms with Crippen molar-refractivity contribution in [2.75, 3.05) is 13.2 Å². The third kappa shape index (κ3) is 3.78. The molecule has 0 aliphatic rings. The van der Waals surface area contributed by atoms with Gasteiger partial charge >= 0.3 is 0 Å². The van der Waals surface area contributed by atoms with Crippen molar-refractivity contribution in [3.8, 4) is 11.5 Å². The van der Waals surface area contributed by atoms with Gasteiger partial charge in [0, 0.05) is 6.04 Å². The largest absolute Gasteiger partial charge is 0.504 e. The van der Waals surface area contributed by atoms with Crippen molar-refractivity contribution in [3.63, 3.8) is 0 Å². The Morgan fingerprint density at radius 2 is 2.19 bits per heavy atom. The highest BCUT2D eigenvalue weighted by Gasteiger charge is 2.08. The van der Waals surface area contributed by atoms with Gasteiger partial charge in [-0.25, -0.2) is 0 Å². The first-order valence-corrected chi connectivity index (χ1v) is 4.94. The molecule has 16 heavy (non-hydrogen) atoms. The van der Waals surface area contributed by atoms with Crippen LogP contribution < -0.4 is 10.1 Å². The van der Waals surface area contributed by atoms with Crippen molar-refractivity contribution in [1.82, 2.24) is 5.32 Å². The Morgan fingerprint density at radius 3 is 2.81 bits per heavy atom. The summed E-state index contributed by atoms with van der Waals surface area (Å²) in [5.74, 6) is -0.0930. The van der Waals surface area contributed by atoms with E-state index in [0.29, 0.717) is 0 Å². The van der Waals surface area contributed by atoms with Crippen LogP contribution in [0.3, 0.4) is 0 Å². The van der Waals surface area contributed by atoms with Gasteiger partial charge in [-0.15, -0.1) is 0 Å². The Morgan fingerprint density at radius 1 is 1.50 bits per heavy atom. The first kappa shape index (κ1) is 12.3. The molecule has 0 unspecified atom stereocenters. The van der Waals surface area contributed by atoms with E-state index in [1.807, 2.05) is 0 Å². The van der Waals surface area contributed by atoms with E-state index in [-0.39, 0.29) is 36.7 Å². The maximum Gasteiger partial charge on any atom is 0.258 e. The number of aliphatic hydroxyl groups excluding tert-OH is 1. The van der Waals surface area contributed by atoms with Crippen LogP contribution in [0.4, 0.5) is 0 Å². The standard InChI is InChI=1S/C11H15NO4/c1-8(6-13)12-11(15)7-16-10-5-3-2-4-9(10)14/h2-5,8,13-14H,6-7H2,1H3,(H,12,15)/t8-/m0/s1. The summed E-state index contributed by atoms with van der Waals surface area (Å²) in [6, 6.07) is 6.10. The van der Waals surface area contributed by atoms with Crippen LogP contribution in [-0.2, 0) is 4.79 Å². The molecule has 0 aromatic heterocycles. The number of amides is 1. The van der Waals surface area contributed by atoms with Gasteiger partial charge in [0.1, 0.15) is 0 Å². The topological polar surface area (TPSA) is 78.8 Å². The number of phenols is 1. The van der Waals surface area contributed by atoms with Gasteiger partial charge in [-0.3, -0.25) is 4.79 Å². The molecule has 1 aromatic carbocycles. The number of rotatable bonds is 5. The average Bonchev–Trinajstić information content (AvgIpc) is 2.28. The van der Waals surface area contributed by atoms with Crippen LogP contribution in [-0.4, -0.2) is 35.4 Å². The fourth-order valence-corrected chi connectivity index (χ4v) is 1.08. The quantitative estimate of drug-likeness (QED) is 0.672. The third-order valence-electron chi connectivity index (χ3n) is 1.91. The van der Waals surface area contributed by atoms with Gasteiger partial charge < -0.3 is 20.3 Å². The molecule has 1 rings (SSSR count). The zero-order chi connectivity index (χ0) is 12.0. The highest BCUT2D eigenvalue weighted by atomic mass is 16.5. The van der Waals surface area contributed by atoms with Gasteiger partial charge in [0.25, 0.3) is 5.91 Å². The number of hydrogen-bond donors (Lipinski definition) is 3. The highest BCUT2D eigenvalue weighted by molar-refractivity contribution is 5.77. The van der Waals surface area contributed by atoms with Gasteiger partial charge in [-0.1, -0.05) is 12.1 Å². The minimum Gasteiger partial charge on any atom is -0.504 e. The van der Waals surface area contributed by atoms with Gasteiger partial charge in [0.05, 0.1) is 6.61 Å². The normalized spacial score (nSPS) is 11.9. The zero-order valence-corrected chi connectivity index (χ0v) is 9.01. The van der Waals surface area contributed by atoms with E-state index in [9.17, 15) is 9.90 Å². The lowest BCUT2D eigenvalue weighted by Gasteiger charge is -2.11. The second-order valence-electron chi connectivity index (χ2n) is 3.41. The van der Waals surface area contributed by atoms with E-state index in [4.69, 9.17) is 9.84 Å². The molecule has 5 nitrogen and oxygen atoms in total. The molecule has 5 heteroatoms. The summed E-state index contributed by atoms with van der Waals surface area (Å²) < 4.78 is 5.10. The number of para-hydroxylation sites is 2. The molecule has 1 atom stereocenters. The maximum atomic E-state index is 11.3. The van der Waals surface area contributed by atoms with Crippen LogP contribution >= 0.6 is 0 Å². The molecule has 88 valence electrons. The first-order valence-electron chi connectivity index (χ1n) is 4.94. The summed E-state index contributed by atoms with van der Waals surface area (Å²) in [5.41, 5.74) is 0. The number of carbonyl (C=O) groups is 1. The Hall–Kier alpha value is -1.75. The number of ether oxygens (including phenoxy) is 1. The van der Waals surface area contributed by atoms with Crippen LogP contribution in [0.2, 0.25) is 0 Å². The molecule has 0 spiro atoms. The van der Waals surface area contributed by atoms with E-state index < -0.39 is 0 Å². The number of nitrogens with one attached hydrogen (secondary N) is 1. The van der Waals surface area contributed by atoms with Gasteiger partial charge in [0.15, 0.2) is 18.1 Å². The predicted octanol–water partition coefficient (Wildman–Crippen LogP) is 0.268. The average molecular weight is 225 g/mol. The van der Waals surface area contributed by atoms with Crippen LogP contribution in [0.1, 0.15) is 6.92 Å². The number of benzene rings is 1. The van der Waals surface area contributed by atoms with Crippen molar-refractivity contribution in [2.24, 2.45) is 0 Å². The predicted molar refractivity (Wildman–Crippen MR) is 58.3 cm³/mol. The van der Waals surface area contributed by atoms with Crippen molar-refractivity contribution >= 4 is 5.91 Å². The Balaban J connectivity index is 2.40. The molecule has 1 aromatic rings. The molecule has 0 aliphatic heterocycles. The molecule has 0 saturated heterocycles. The Kier molecular flexibility index (Phi) is 4.60. The molecule has 0 radical (unpaired) electrons. The smallest absolute Gasteiger partial charge is 0.258 e. The maximum absolute atomic E-state index is 11.3. The van der Waals surface area contributed by atoms with E-state index >= 15 is 0 Å². The molecule has 3 N–H and O–H groups in total. The SMILES string of the molecule is C[C@@H](CO)NC(=O)COc1ccccc1O. The number of aliphatic hydroxyl groups is 1. The molecular formula is C11H15NO4. The summed E-state index contributed by atoms with van der Waals surface area (Å²) in [4.78, 5) is 11.3. The summed E-state index contributed by atoms with van der Waals surface area (Å²) in [6.07, 6.45) is 0. The number of phenolic OH excluding ortho intramolecular Hbond substituents is 1. The molecule has 1 amide bonds. The van der Waals surface area contributed by atoms with Crippen molar-refractivity contribution in [3.05, 3.63) is 24.3 Å². The molecule has 0 aliphatic carbocycles. The van der Waals surface area contributed by atoms with Crippen LogP contribution in [0.5, 0.6) is 11.5 Å². The summed E-state index contributed by atoms with van der Waals surface area (Å²) in [5, 5.41) is 20.6. The van der Waals surface area contributed by atoms with Gasteiger partial charge in [-0.2, -0.15) is 0 Å². The minimum atomic E-state index is -0.343. The molecule has 0 saturated carbocycles. The van der Waals surface area contributed by atoms with Crippen molar-refractivity contribution < 1.29 is 19.7 Å².